The van der Waals surface area contributed by atoms with E-state index in [1.54, 1.807) is 13.8 Å². The third-order valence-corrected chi connectivity index (χ3v) is 2.66. The molecule has 1 amide bonds. The molecule has 0 fully saturated rings. The number of halogens is 3. The van der Waals surface area contributed by atoms with Gasteiger partial charge in [-0.3, -0.25) is 9.78 Å². The first-order valence-electron chi connectivity index (χ1n) is 5.83. The van der Waals surface area contributed by atoms with Crippen molar-refractivity contribution in [1.29, 1.82) is 0 Å². The number of aromatic nitrogens is 3. The first-order chi connectivity index (χ1) is 9.70. The van der Waals surface area contributed by atoms with Crippen LogP contribution in [0.2, 0.25) is 0 Å². The normalized spacial score (nSPS) is 12.2. The topological polar surface area (TPSA) is 80.9 Å². The molecule has 0 radical (unpaired) electrons. The maximum atomic E-state index is 12.4. The van der Waals surface area contributed by atoms with E-state index in [1.165, 1.54) is 0 Å². The van der Waals surface area contributed by atoms with Gasteiger partial charge in [0.25, 0.3) is 5.91 Å². The van der Waals surface area contributed by atoms with E-state index in [-0.39, 0.29) is 11.4 Å². The molecule has 0 unspecified atom stereocenters. The molecule has 0 aliphatic rings. The SMILES string of the molecule is CC(C)(NC(=O)c1ccc(C(F)(F)F)nc1)c1ncon1. The zero-order valence-electron chi connectivity index (χ0n) is 11.1. The molecule has 0 atom stereocenters. The predicted molar refractivity (Wildman–Crippen MR) is 64.0 cm³/mol. The molecule has 0 bridgehead atoms. The number of hydrogen-bond donors (Lipinski definition) is 1. The van der Waals surface area contributed by atoms with Crippen LogP contribution in [0.3, 0.4) is 0 Å². The molecule has 6 nitrogen and oxygen atoms in total. The van der Waals surface area contributed by atoms with Crippen LogP contribution in [0.15, 0.2) is 29.2 Å². The molecule has 2 heterocycles. The zero-order chi connectivity index (χ0) is 15.7. The molecule has 112 valence electrons. The van der Waals surface area contributed by atoms with Crippen LogP contribution in [0.1, 0.15) is 35.7 Å². The number of nitrogens with one attached hydrogen (secondary N) is 1. The van der Waals surface area contributed by atoms with Gasteiger partial charge in [0.15, 0.2) is 5.82 Å². The lowest BCUT2D eigenvalue weighted by Gasteiger charge is -2.22. The maximum Gasteiger partial charge on any atom is 0.433 e. The number of carbonyl (C=O) groups is 1. The monoisotopic (exact) mass is 300 g/mol. The minimum absolute atomic E-state index is 0.000398. The van der Waals surface area contributed by atoms with Gasteiger partial charge in [0.2, 0.25) is 6.39 Å². The highest BCUT2D eigenvalue weighted by Crippen LogP contribution is 2.27. The van der Waals surface area contributed by atoms with Crippen LogP contribution in [-0.4, -0.2) is 21.0 Å². The fraction of sp³-hybridized carbons (Fsp3) is 0.333. The molecule has 0 saturated carbocycles. The van der Waals surface area contributed by atoms with Gasteiger partial charge in [-0.05, 0) is 26.0 Å². The third-order valence-electron chi connectivity index (χ3n) is 2.66. The van der Waals surface area contributed by atoms with Gasteiger partial charge in [0.05, 0.1) is 11.1 Å². The molecule has 9 heteroatoms. The number of pyridine rings is 1. The van der Waals surface area contributed by atoms with Gasteiger partial charge in [0, 0.05) is 6.20 Å². The lowest BCUT2D eigenvalue weighted by Crippen LogP contribution is -2.41. The number of nitrogens with zero attached hydrogens (tertiary/aromatic N) is 3. The van der Waals surface area contributed by atoms with Crippen molar-refractivity contribution in [3.8, 4) is 0 Å². The summed E-state index contributed by atoms with van der Waals surface area (Å²) >= 11 is 0. The van der Waals surface area contributed by atoms with Crippen molar-refractivity contribution in [3.63, 3.8) is 0 Å². The Morgan fingerprint density at radius 2 is 1.95 bits per heavy atom. The molecule has 0 aliphatic carbocycles. The fourth-order valence-corrected chi connectivity index (χ4v) is 1.55. The third kappa shape index (κ3) is 3.36. The van der Waals surface area contributed by atoms with E-state index in [1.807, 2.05) is 0 Å². The summed E-state index contributed by atoms with van der Waals surface area (Å²) < 4.78 is 41.8. The van der Waals surface area contributed by atoms with Crippen LogP contribution in [0, 0.1) is 0 Å². The van der Waals surface area contributed by atoms with Crippen molar-refractivity contribution < 1.29 is 22.5 Å². The van der Waals surface area contributed by atoms with Crippen LogP contribution >= 0.6 is 0 Å². The van der Waals surface area contributed by atoms with E-state index >= 15 is 0 Å². The first-order valence-corrected chi connectivity index (χ1v) is 5.83. The Bertz CT molecular complexity index is 621. The van der Waals surface area contributed by atoms with E-state index in [0.29, 0.717) is 0 Å². The van der Waals surface area contributed by atoms with E-state index in [9.17, 15) is 18.0 Å². The summed E-state index contributed by atoms with van der Waals surface area (Å²) in [5, 5.41) is 6.20. The van der Waals surface area contributed by atoms with Crippen molar-refractivity contribution in [1.82, 2.24) is 20.4 Å². The van der Waals surface area contributed by atoms with Crippen molar-refractivity contribution in [3.05, 3.63) is 41.8 Å². The highest BCUT2D eigenvalue weighted by Gasteiger charge is 2.33. The molecule has 2 aromatic rings. The Kier molecular flexibility index (Phi) is 3.67. The predicted octanol–water partition coefficient (Wildman–Crippen LogP) is 2.15. The average Bonchev–Trinajstić information content (AvgIpc) is 2.92. The van der Waals surface area contributed by atoms with Gasteiger partial charge < -0.3 is 9.84 Å². The summed E-state index contributed by atoms with van der Waals surface area (Å²) in [5.74, 6) is -0.346. The van der Waals surface area contributed by atoms with Crippen LogP contribution < -0.4 is 5.32 Å². The molecular formula is C12H11F3N4O2. The highest BCUT2D eigenvalue weighted by molar-refractivity contribution is 5.94. The van der Waals surface area contributed by atoms with Crippen molar-refractivity contribution >= 4 is 5.91 Å². The number of hydrogen-bond acceptors (Lipinski definition) is 5. The van der Waals surface area contributed by atoms with Gasteiger partial charge in [0.1, 0.15) is 5.69 Å². The van der Waals surface area contributed by atoms with E-state index in [2.05, 4.69) is 25.0 Å². The molecular weight excluding hydrogens is 289 g/mol. The van der Waals surface area contributed by atoms with Gasteiger partial charge in [-0.1, -0.05) is 5.16 Å². The summed E-state index contributed by atoms with van der Waals surface area (Å²) in [7, 11) is 0. The fourth-order valence-electron chi connectivity index (χ4n) is 1.55. The van der Waals surface area contributed by atoms with Gasteiger partial charge in [-0.15, -0.1) is 0 Å². The summed E-state index contributed by atoms with van der Waals surface area (Å²) in [6, 6.07) is 1.80. The Balaban J connectivity index is 2.14. The average molecular weight is 300 g/mol. The zero-order valence-corrected chi connectivity index (χ0v) is 11.1. The standard InChI is InChI=1S/C12H11F3N4O2/c1-11(2,10-17-6-21-19-10)18-9(20)7-3-4-8(16-5-7)12(13,14)15/h3-6H,1-2H3,(H,18,20). The van der Waals surface area contributed by atoms with Crippen LogP contribution in [0.4, 0.5) is 13.2 Å². The molecule has 0 saturated heterocycles. The molecule has 0 spiro atoms. The van der Waals surface area contributed by atoms with Crippen LogP contribution in [0.5, 0.6) is 0 Å². The summed E-state index contributed by atoms with van der Waals surface area (Å²) in [5.41, 5.74) is -2.00. The summed E-state index contributed by atoms with van der Waals surface area (Å²) in [4.78, 5) is 19.1. The second kappa shape index (κ2) is 5.15. The quantitative estimate of drug-likeness (QED) is 0.939. The maximum absolute atomic E-state index is 12.4. The minimum Gasteiger partial charge on any atom is -0.343 e. The Morgan fingerprint density at radius 3 is 2.43 bits per heavy atom. The van der Waals surface area contributed by atoms with E-state index in [0.717, 1.165) is 24.7 Å². The van der Waals surface area contributed by atoms with E-state index < -0.39 is 23.3 Å². The summed E-state index contributed by atoms with van der Waals surface area (Å²) in [6.07, 6.45) is -2.56. The molecule has 21 heavy (non-hydrogen) atoms. The van der Waals surface area contributed by atoms with Crippen molar-refractivity contribution in [2.24, 2.45) is 0 Å². The minimum atomic E-state index is -4.54. The largest absolute Gasteiger partial charge is 0.433 e. The van der Waals surface area contributed by atoms with Crippen molar-refractivity contribution in [2.45, 2.75) is 25.6 Å². The van der Waals surface area contributed by atoms with Gasteiger partial charge in [-0.25, -0.2) is 0 Å². The van der Waals surface area contributed by atoms with Crippen LogP contribution in [-0.2, 0) is 11.7 Å². The lowest BCUT2D eigenvalue weighted by molar-refractivity contribution is -0.141. The number of amides is 1. The van der Waals surface area contributed by atoms with Crippen molar-refractivity contribution in [2.75, 3.05) is 0 Å². The Hall–Kier alpha value is -2.45. The molecule has 2 aromatic heterocycles. The second-order valence-electron chi connectivity index (χ2n) is 4.76. The molecule has 0 aromatic carbocycles. The van der Waals surface area contributed by atoms with E-state index in [4.69, 9.17) is 0 Å². The Labute approximate surface area is 117 Å². The van der Waals surface area contributed by atoms with Crippen LogP contribution in [0.25, 0.3) is 0 Å². The molecule has 0 aliphatic heterocycles. The van der Waals surface area contributed by atoms with Gasteiger partial charge in [-0.2, -0.15) is 18.2 Å². The molecule has 2 rings (SSSR count). The molecule has 1 N–H and O–H groups in total. The van der Waals surface area contributed by atoms with Gasteiger partial charge >= 0.3 is 6.18 Å². The number of alkyl halides is 3. The summed E-state index contributed by atoms with van der Waals surface area (Å²) in [6.45, 7) is 3.26. The highest BCUT2D eigenvalue weighted by atomic mass is 19.4. The lowest BCUT2D eigenvalue weighted by atomic mass is 10.0. The second-order valence-corrected chi connectivity index (χ2v) is 4.76. The first kappa shape index (κ1) is 14.9. The Morgan fingerprint density at radius 1 is 1.24 bits per heavy atom. The smallest absolute Gasteiger partial charge is 0.343 e. The number of rotatable bonds is 3. The number of carbonyl (C=O) groups excluding carboxylic acids is 1.